The second-order valence-corrected chi connectivity index (χ2v) is 5.53. The van der Waals surface area contributed by atoms with Crippen molar-refractivity contribution in [2.45, 2.75) is 19.9 Å². The van der Waals surface area contributed by atoms with E-state index in [0.29, 0.717) is 6.54 Å². The molecule has 1 rings (SSSR count). The maximum absolute atomic E-state index is 11.3. The van der Waals surface area contributed by atoms with Crippen LogP contribution in [-0.2, 0) is 23.0 Å². The van der Waals surface area contributed by atoms with Gasteiger partial charge in [-0.05, 0) is 17.5 Å². The van der Waals surface area contributed by atoms with Gasteiger partial charge in [0.05, 0.1) is 5.75 Å². The third kappa shape index (κ3) is 4.30. The van der Waals surface area contributed by atoms with Crippen LogP contribution in [0.15, 0.2) is 24.3 Å². The number of nitrogens with one attached hydrogen (secondary N) is 1. The Morgan fingerprint density at radius 1 is 1.19 bits per heavy atom. The Balaban J connectivity index is 2.54. The van der Waals surface area contributed by atoms with Crippen LogP contribution < -0.4 is 10.5 Å². The molecule has 0 saturated carbocycles. The van der Waals surface area contributed by atoms with Crippen molar-refractivity contribution in [3.05, 3.63) is 35.4 Å². The van der Waals surface area contributed by atoms with Crippen LogP contribution in [-0.4, -0.2) is 20.7 Å². The van der Waals surface area contributed by atoms with Crippen LogP contribution in [0.4, 0.5) is 0 Å². The zero-order chi connectivity index (χ0) is 12.0. The van der Waals surface area contributed by atoms with E-state index in [-0.39, 0.29) is 12.3 Å². The highest BCUT2D eigenvalue weighted by atomic mass is 32.2. The summed E-state index contributed by atoms with van der Waals surface area (Å²) in [6, 6.07) is 7.88. The van der Waals surface area contributed by atoms with Gasteiger partial charge in [-0.2, -0.15) is 0 Å². The van der Waals surface area contributed by atoms with Gasteiger partial charge in [0, 0.05) is 13.1 Å². The summed E-state index contributed by atoms with van der Waals surface area (Å²) < 4.78 is 25.2. The molecule has 0 aliphatic rings. The van der Waals surface area contributed by atoms with Gasteiger partial charge in [-0.15, -0.1) is 0 Å². The first kappa shape index (κ1) is 13.2. The van der Waals surface area contributed by atoms with Gasteiger partial charge in [0.1, 0.15) is 0 Å². The highest BCUT2D eigenvalue weighted by Crippen LogP contribution is 2.05. The van der Waals surface area contributed by atoms with Crippen LogP contribution in [0.2, 0.25) is 0 Å². The van der Waals surface area contributed by atoms with Crippen LogP contribution in [0.1, 0.15) is 18.1 Å². The lowest BCUT2D eigenvalue weighted by molar-refractivity contribution is 0.581. The van der Waals surface area contributed by atoms with E-state index >= 15 is 0 Å². The second kappa shape index (κ2) is 5.98. The molecule has 0 heterocycles. The summed E-state index contributed by atoms with van der Waals surface area (Å²) in [6.07, 6.45) is 0.985. The van der Waals surface area contributed by atoms with Gasteiger partial charge in [-0.25, -0.2) is 13.1 Å². The molecule has 0 aliphatic carbocycles. The summed E-state index contributed by atoms with van der Waals surface area (Å²) in [5, 5.41) is 0. The molecule has 0 amide bonds. The zero-order valence-corrected chi connectivity index (χ0v) is 10.3. The predicted molar refractivity (Wildman–Crippen MR) is 65.5 cm³/mol. The molecular formula is C11H18N2O2S. The van der Waals surface area contributed by atoms with Gasteiger partial charge in [0.2, 0.25) is 10.0 Å². The Bertz CT molecular complexity index is 412. The maximum atomic E-state index is 11.3. The van der Waals surface area contributed by atoms with E-state index in [9.17, 15) is 8.42 Å². The van der Waals surface area contributed by atoms with Crippen LogP contribution in [0.25, 0.3) is 0 Å². The third-order valence-corrected chi connectivity index (χ3v) is 3.67. The van der Waals surface area contributed by atoms with Gasteiger partial charge >= 0.3 is 0 Å². The van der Waals surface area contributed by atoms with Gasteiger partial charge < -0.3 is 5.73 Å². The average molecular weight is 242 g/mol. The molecule has 0 saturated heterocycles. The summed E-state index contributed by atoms with van der Waals surface area (Å²) in [4.78, 5) is 0. The van der Waals surface area contributed by atoms with Crippen molar-refractivity contribution in [2.24, 2.45) is 5.73 Å². The Morgan fingerprint density at radius 3 is 2.25 bits per heavy atom. The molecule has 0 atom stereocenters. The molecule has 0 aromatic heterocycles. The largest absolute Gasteiger partial charge is 0.329 e. The molecule has 3 N–H and O–H groups in total. The fourth-order valence-corrected chi connectivity index (χ4v) is 2.15. The van der Waals surface area contributed by atoms with E-state index in [4.69, 9.17) is 5.73 Å². The first-order chi connectivity index (χ1) is 7.57. The maximum Gasteiger partial charge on any atom is 0.213 e. The number of hydrogen-bond donors (Lipinski definition) is 2. The average Bonchev–Trinajstić information content (AvgIpc) is 2.27. The smallest absolute Gasteiger partial charge is 0.213 e. The van der Waals surface area contributed by atoms with Crippen molar-refractivity contribution in [3.63, 3.8) is 0 Å². The SMILES string of the molecule is CCc1ccc(CNS(=O)(=O)CCN)cc1. The fourth-order valence-electron chi connectivity index (χ4n) is 1.31. The molecule has 1 aromatic carbocycles. The van der Waals surface area contributed by atoms with E-state index in [2.05, 4.69) is 11.6 Å². The molecule has 16 heavy (non-hydrogen) atoms. The first-order valence-electron chi connectivity index (χ1n) is 5.32. The summed E-state index contributed by atoms with van der Waals surface area (Å²) in [7, 11) is -3.22. The summed E-state index contributed by atoms with van der Waals surface area (Å²) in [5.41, 5.74) is 7.40. The van der Waals surface area contributed by atoms with Crippen molar-refractivity contribution in [3.8, 4) is 0 Å². The van der Waals surface area contributed by atoms with Gasteiger partial charge in [-0.3, -0.25) is 0 Å². The van der Waals surface area contributed by atoms with Crippen LogP contribution in [0.3, 0.4) is 0 Å². The Hall–Kier alpha value is -0.910. The topological polar surface area (TPSA) is 72.2 Å². The predicted octanol–water partition coefficient (Wildman–Crippen LogP) is 0.627. The molecule has 0 spiro atoms. The van der Waals surface area contributed by atoms with E-state index < -0.39 is 10.0 Å². The lowest BCUT2D eigenvalue weighted by Gasteiger charge is -2.06. The molecule has 0 unspecified atom stereocenters. The summed E-state index contributed by atoms with van der Waals surface area (Å²) in [5.74, 6) is -0.0277. The van der Waals surface area contributed by atoms with E-state index in [1.54, 1.807) is 0 Å². The summed E-state index contributed by atoms with van der Waals surface area (Å²) in [6.45, 7) is 2.55. The third-order valence-electron chi connectivity index (χ3n) is 2.31. The molecular weight excluding hydrogens is 224 g/mol. The monoisotopic (exact) mass is 242 g/mol. The van der Waals surface area contributed by atoms with Crippen molar-refractivity contribution in [2.75, 3.05) is 12.3 Å². The van der Waals surface area contributed by atoms with Gasteiger partial charge in [0.15, 0.2) is 0 Å². The molecule has 0 bridgehead atoms. The van der Waals surface area contributed by atoms with Crippen LogP contribution in [0.5, 0.6) is 0 Å². The van der Waals surface area contributed by atoms with Gasteiger partial charge in [-0.1, -0.05) is 31.2 Å². The molecule has 1 aromatic rings. The first-order valence-corrected chi connectivity index (χ1v) is 6.98. The number of hydrogen-bond acceptors (Lipinski definition) is 3. The number of aryl methyl sites for hydroxylation is 1. The van der Waals surface area contributed by atoms with Crippen molar-refractivity contribution < 1.29 is 8.42 Å². The van der Waals surface area contributed by atoms with Crippen LogP contribution in [0, 0.1) is 0 Å². The minimum Gasteiger partial charge on any atom is -0.329 e. The minimum atomic E-state index is -3.22. The van der Waals surface area contributed by atoms with E-state index in [0.717, 1.165) is 12.0 Å². The zero-order valence-electron chi connectivity index (χ0n) is 9.44. The molecule has 90 valence electrons. The number of rotatable bonds is 6. The Morgan fingerprint density at radius 2 is 1.75 bits per heavy atom. The quantitative estimate of drug-likeness (QED) is 0.768. The molecule has 0 radical (unpaired) electrons. The normalized spacial score (nSPS) is 11.6. The van der Waals surface area contributed by atoms with E-state index in [1.807, 2.05) is 24.3 Å². The molecule has 0 fully saturated rings. The van der Waals surface area contributed by atoms with E-state index in [1.165, 1.54) is 5.56 Å². The highest BCUT2D eigenvalue weighted by molar-refractivity contribution is 7.89. The standard InChI is InChI=1S/C11H18N2O2S/c1-2-10-3-5-11(6-4-10)9-13-16(14,15)8-7-12/h3-6,13H,2,7-9,12H2,1H3. The Labute approximate surface area is 96.9 Å². The minimum absolute atomic E-state index is 0.0277. The number of nitrogens with two attached hydrogens (primary N) is 1. The number of benzene rings is 1. The summed E-state index contributed by atoms with van der Waals surface area (Å²) >= 11 is 0. The fraction of sp³-hybridized carbons (Fsp3) is 0.455. The van der Waals surface area contributed by atoms with Gasteiger partial charge in [0.25, 0.3) is 0 Å². The van der Waals surface area contributed by atoms with Crippen molar-refractivity contribution in [1.29, 1.82) is 0 Å². The molecule has 4 nitrogen and oxygen atoms in total. The Kier molecular flexibility index (Phi) is 4.92. The lowest BCUT2D eigenvalue weighted by atomic mass is 10.1. The lowest BCUT2D eigenvalue weighted by Crippen LogP contribution is -2.29. The van der Waals surface area contributed by atoms with Crippen molar-refractivity contribution in [1.82, 2.24) is 4.72 Å². The van der Waals surface area contributed by atoms with Crippen LogP contribution >= 0.6 is 0 Å². The molecule has 5 heteroatoms. The van der Waals surface area contributed by atoms with Crippen molar-refractivity contribution >= 4 is 10.0 Å². The number of sulfonamides is 1. The second-order valence-electron chi connectivity index (χ2n) is 3.60. The molecule has 0 aliphatic heterocycles. The highest BCUT2D eigenvalue weighted by Gasteiger charge is 2.07.